The number of carboxylic acids is 1. The zero-order valence-corrected chi connectivity index (χ0v) is 11.6. The molecule has 4 heteroatoms. The molecule has 0 saturated carbocycles. The molecule has 1 saturated heterocycles. The summed E-state index contributed by atoms with van der Waals surface area (Å²) in [5.41, 5.74) is 3.73. The number of nitrogens with zero attached hydrogens (tertiary/aromatic N) is 2. The molecule has 100 valence electrons. The predicted molar refractivity (Wildman–Crippen MR) is 71.6 cm³/mol. The second-order valence-electron chi connectivity index (χ2n) is 4.78. The molecule has 0 spiro atoms. The van der Waals surface area contributed by atoms with Crippen LogP contribution < -0.4 is 0 Å². The minimum atomic E-state index is -0.833. The van der Waals surface area contributed by atoms with Crippen molar-refractivity contribution in [1.29, 1.82) is 0 Å². The average Bonchev–Trinajstić information content (AvgIpc) is 2.64. The Hall–Kier alpha value is -1.42. The fourth-order valence-corrected chi connectivity index (χ4v) is 2.35. The van der Waals surface area contributed by atoms with Crippen molar-refractivity contribution in [2.45, 2.75) is 39.7 Å². The number of pyridine rings is 1. The lowest BCUT2D eigenvalue weighted by Gasteiger charge is -2.21. The van der Waals surface area contributed by atoms with Gasteiger partial charge in [-0.3, -0.25) is 14.7 Å². The molecule has 1 aromatic rings. The molecule has 2 rings (SSSR count). The van der Waals surface area contributed by atoms with Crippen molar-refractivity contribution >= 4 is 5.97 Å². The van der Waals surface area contributed by atoms with Crippen LogP contribution in [0.5, 0.6) is 0 Å². The number of hydrogen-bond donors (Lipinski definition) is 1. The van der Waals surface area contributed by atoms with Crippen LogP contribution in [0.25, 0.3) is 0 Å². The van der Waals surface area contributed by atoms with Crippen molar-refractivity contribution in [3.8, 4) is 0 Å². The van der Waals surface area contributed by atoms with Crippen LogP contribution in [0.3, 0.4) is 0 Å². The van der Waals surface area contributed by atoms with Gasteiger partial charge in [0.25, 0.3) is 5.97 Å². The molecule has 2 heterocycles. The lowest BCUT2D eigenvalue weighted by Crippen LogP contribution is -2.18. The lowest BCUT2D eigenvalue weighted by atomic mass is 10.0. The van der Waals surface area contributed by atoms with Crippen molar-refractivity contribution in [2.24, 2.45) is 0 Å². The molecule has 1 fully saturated rings. The Labute approximate surface area is 109 Å². The summed E-state index contributed by atoms with van der Waals surface area (Å²) in [6.07, 6.45) is 2.59. The topological polar surface area (TPSA) is 53.4 Å². The van der Waals surface area contributed by atoms with Gasteiger partial charge in [-0.25, -0.2) is 0 Å². The average molecular weight is 250 g/mol. The molecular formula is C14H22N2O2. The minimum Gasteiger partial charge on any atom is -0.481 e. The summed E-state index contributed by atoms with van der Waals surface area (Å²) >= 11 is 0. The summed E-state index contributed by atoms with van der Waals surface area (Å²) in [5.74, 6) is -0.833. The molecule has 1 N–H and O–H groups in total. The summed E-state index contributed by atoms with van der Waals surface area (Å²) in [4.78, 5) is 16.0. The van der Waals surface area contributed by atoms with E-state index in [4.69, 9.17) is 9.90 Å². The van der Waals surface area contributed by atoms with Crippen molar-refractivity contribution in [1.82, 2.24) is 9.88 Å². The van der Waals surface area contributed by atoms with Crippen molar-refractivity contribution < 1.29 is 9.90 Å². The third-order valence-electron chi connectivity index (χ3n) is 3.15. The van der Waals surface area contributed by atoms with E-state index >= 15 is 0 Å². The third-order valence-corrected chi connectivity index (χ3v) is 3.15. The van der Waals surface area contributed by atoms with Crippen LogP contribution in [0, 0.1) is 13.8 Å². The van der Waals surface area contributed by atoms with Gasteiger partial charge in [0.1, 0.15) is 0 Å². The number of hydrogen-bond acceptors (Lipinski definition) is 3. The number of aromatic nitrogens is 1. The Morgan fingerprint density at radius 1 is 1.44 bits per heavy atom. The number of likely N-dealkylation sites (tertiary alicyclic amines) is 1. The number of aliphatic carboxylic acids is 1. The van der Waals surface area contributed by atoms with Gasteiger partial charge >= 0.3 is 0 Å². The largest absolute Gasteiger partial charge is 0.481 e. The van der Waals surface area contributed by atoms with Gasteiger partial charge in [0.2, 0.25) is 0 Å². The second kappa shape index (κ2) is 6.50. The van der Waals surface area contributed by atoms with E-state index in [-0.39, 0.29) is 0 Å². The highest BCUT2D eigenvalue weighted by atomic mass is 16.4. The molecule has 0 aromatic carbocycles. The van der Waals surface area contributed by atoms with Crippen LogP contribution in [-0.2, 0) is 4.79 Å². The quantitative estimate of drug-likeness (QED) is 0.832. The molecule has 1 aliphatic heterocycles. The maximum atomic E-state index is 9.00. The highest BCUT2D eigenvalue weighted by Gasteiger charge is 2.23. The summed E-state index contributed by atoms with van der Waals surface area (Å²) in [6, 6.07) is 4.96. The Morgan fingerprint density at radius 2 is 2.06 bits per heavy atom. The van der Waals surface area contributed by atoms with Crippen molar-refractivity contribution in [3.05, 3.63) is 29.1 Å². The van der Waals surface area contributed by atoms with Gasteiger partial charge in [0.05, 0.1) is 0 Å². The SMILES string of the molecule is CC(=O)O.Cc1ccc([C@@H]2CCCN2C)c(C)n1. The van der Waals surface area contributed by atoms with E-state index in [2.05, 4.69) is 42.9 Å². The summed E-state index contributed by atoms with van der Waals surface area (Å²) < 4.78 is 0. The van der Waals surface area contributed by atoms with Gasteiger partial charge in [-0.2, -0.15) is 0 Å². The Bertz CT molecular complexity index is 414. The molecule has 1 atom stereocenters. The number of carboxylic acid groups (broad SMARTS) is 1. The van der Waals surface area contributed by atoms with E-state index in [1.54, 1.807) is 0 Å². The Morgan fingerprint density at radius 3 is 2.50 bits per heavy atom. The second-order valence-corrected chi connectivity index (χ2v) is 4.78. The van der Waals surface area contributed by atoms with E-state index in [0.717, 1.165) is 12.6 Å². The molecule has 1 aromatic heterocycles. The third kappa shape index (κ3) is 4.11. The van der Waals surface area contributed by atoms with Gasteiger partial charge in [0.15, 0.2) is 0 Å². The molecule has 0 amide bonds. The zero-order chi connectivity index (χ0) is 13.7. The molecule has 18 heavy (non-hydrogen) atoms. The highest BCUT2D eigenvalue weighted by Crippen LogP contribution is 2.31. The first-order valence-corrected chi connectivity index (χ1v) is 6.25. The molecule has 4 nitrogen and oxygen atoms in total. The Balaban J connectivity index is 0.000000357. The van der Waals surface area contributed by atoms with Gasteiger partial charge in [-0.1, -0.05) is 6.07 Å². The van der Waals surface area contributed by atoms with Gasteiger partial charge in [-0.05, 0) is 51.9 Å². The summed E-state index contributed by atoms with van der Waals surface area (Å²) in [5, 5.41) is 7.42. The highest BCUT2D eigenvalue weighted by molar-refractivity contribution is 5.62. The monoisotopic (exact) mass is 250 g/mol. The van der Waals surface area contributed by atoms with Gasteiger partial charge in [-0.15, -0.1) is 0 Å². The van der Waals surface area contributed by atoms with E-state index < -0.39 is 5.97 Å². The zero-order valence-electron chi connectivity index (χ0n) is 11.6. The maximum Gasteiger partial charge on any atom is 0.300 e. The number of carbonyl (C=O) groups is 1. The molecule has 1 aliphatic rings. The van der Waals surface area contributed by atoms with Crippen LogP contribution in [-0.4, -0.2) is 34.6 Å². The van der Waals surface area contributed by atoms with Gasteiger partial charge < -0.3 is 5.11 Å². The molecule has 0 radical (unpaired) electrons. The van der Waals surface area contributed by atoms with Crippen LogP contribution in [0.15, 0.2) is 12.1 Å². The molecule has 0 bridgehead atoms. The normalized spacial score (nSPS) is 19.2. The molecular weight excluding hydrogens is 228 g/mol. The number of aryl methyl sites for hydroxylation is 2. The first-order chi connectivity index (χ1) is 8.41. The smallest absolute Gasteiger partial charge is 0.300 e. The fraction of sp³-hybridized carbons (Fsp3) is 0.571. The Kier molecular flexibility index (Phi) is 5.28. The number of rotatable bonds is 1. The van der Waals surface area contributed by atoms with E-state index in [1.807, 2.05) is 0 Å². The first-order valence-electron chi connectivity index (χ1n) is 6.25. The lowest BCUT2D eigenvalue weighted by molar-refractivity contribution is -0.134. The van der Waals surface area contributed by atoms with Crippen LogP contribution in [0.2, 0.25) is 0 Å². The van der Waals surface area contributed by atoms with Gasteiger partial charge in [0, 0.05) is 24.4 Å². The van der Waals surface area contributed by atoms with Crippen molar-refractivity contribution in [2.75, 3.05) is 13.6 Å². The molecule has 0 aliphatic carbocycles. The predicted octanol–water partition coefficient (Wildman–Crippen LogP) is 2.56. The fourth-order valence-electron chi connectivity index (χ4n) is 2.35. The van der Waals surface area contributed by atoms with E-state index in [0.29, 0.717) is 6.04 Å². The first kappa shape index (κ1) is 14.6. The van der Waals surface area contributed by atoms with Crippen LogP contribution in [0.1, 0.15) is 42.8 Å². The minimum absolute atomic E-state index is 0.600. The van der Waals surface area contributed by atoms with Crippen LogP contribution in [0.4, 0.5) is 0 Å². The van der Waals surface area contributed by atoms with Crippen LogP contribution >= 0.6 is 0 Å². The van der Waals surface area contributed by atoms with E-state index in [9.17, 15) is 0 Å². The van der Waals surface area contributed by atoms with Crippen molar-refractivity contribution in [3.63, 3.8) is 0 Å². The maximum absolute atomic E-state index is 9.00. The summed E-state index contributed by atoms with van der Waals surface area (Å²) in [6.45, 7) is 6.47. The summed E-state index contributed by atoms with van der Waals surface area (Å²) in [7, 11) is 2.21. The van der Waals surface area contributed by atoms with E-state index in [1.165, 1.54) is 30.6 Å². The standard InChI is InChI=1S/C12H18N2.C2H4O2/c1-9-6-7-11(10(2)13-9)12-5-4-8-14(12)3;1-2(3)4/h6-7,12H,4-5,8H2,1-3H3;1H3,(H,3,4)/t12-;/m0./s1. The molecule has 0 unspecified atom stereocenters.